The van der Waals surface area contributed by atoms with Gasteiger partial charge >= 0.3 is 5.97 Å². The van der Waals surface area contributed by atoms with Crippen LogP contribution >= 0.6 is 0 Å². The summed E-state index contributed by atoms with van der Waals surface area (Å²) in [6, 6.07) is -0.0495. The molecule has 6 heteroatoms. The van der Waals surface area contributed by atoms with Crippen molar-refractivity contribution in [3.63, 3.8) is 0 Å². The molecule has 0 heterocycles. The van der Waals surface area contributed by atoms with Crippen molar-refractivity contribution in [1.82, 2.24) is 5.32 Å². The van der Waals surface area contributed by atoms with Gasteiger partial charge in [0.15, 0.2) is 0 Å². The second kappa shape index (κ2) is 8.12. The fourth-order valence-corrected chi connectivity index (χ4v) is 2.16. The standard InChI is InChI=1S/C13H23NO5/c1-3-18-6-7-19-9(2)12(15)14-11-5-4-10(8-11)13(16)17/h9-11H,3-8H2,1-2H3,(H,14,15)(H,16,17)/t9?,10-,11+/m1/s1. The van der Waals surface area contributed by atoms with Crippen LogP contribution in [0.5, 0.6) is 0 Å². The summed E-state index contributed by atoms with van der Waals surface area (Å²) in [6.45, 7) is 5.06. The van der Waals surface area contributed by atoms with Crippen molar-refractivity contribution >= 4 is 11.9 Å². The highest BCUT2D eigenvalue weighted by Crippen LogP contribution is 2.25. The number of carboxylic acid groups (broad SMARTS) is 1. The molecule has 1 unspecified atom stereocenters. The number of hydrogen-bond donors (Lipinski definition) is 2. The average molecular weight is 273 g/mol. The summed E-state index contributed by atoms with van der Waals surface area (Å²) >= 11 is 0. The molecule has 0 bridgehead atoms. The van der Waals surface area contributed by atoms with Gasteiger partial charge in [-0.15, -0.1) is 0 Å². The zero-order chi connectivity index (χ0) is 14.3. The third-order valence-electron chi connectivity index (χ3n) is 3.30. The van der Waals surface area contributed by atoms with Gasteiger partial charge in [-0.2, -0.15) is 0 Å². The van der Waals surface area contributed by atoms with E-state index >= 15 is 0 Å². The third kappa shape index (κ3) is 5.57. The SMILES string of the molecule is CCOCCOC(C)C(=O)N[C@H]1CC[C@@H](C(=O)O)C1. The van der Waals surface area contributed by atoms with Crippen molar-refractivity contribution in [2.24, 2.45) is 5.92 Å². The highest BCUT2D eigenvalue weighted by molar-refractivity contribution is 5.80. The largest absolute Gasteiger partial charge is 0.481 e. The van der Waals surface area contributed by atoms with Crippen molar-refractivity contribution in [3.8, 4) is 0 Å². The molecule has 1 fully saturated rings. The summed E-state index contributed by atoms with van der Waals surface area (Å²) in [4.78, 5) is 22.6. The topological polar surface area (TPSA) is 84.9 Å². The lowest BCUT2D eigenvalue weighted by Gasteiger charge is -2.17. The molecular weight excluding hydrogens is 250 g/mol. The van der Waals surface area contributed by atoms with Gasteiger partial charge in [0.1, 0.15) is 6.10 Å². The van der Waals surface area contributed by atoms with Gasteiger partial charge < -0.3 is 19.9 Å². The van der Waals surface area contributed by atoms with E-state index < -0.39 is 12.1 Å². The molecule has 0 aromatic carbocycles. The Morgan fingerprint density at radius 1 is 1.37 bits per heavy atom. The first-order valence-corrected chi connectivity index (χ1v) is 6.77. The van der Waals surface area contributed by atoms with Crippen LogP contribution < -0.4 is 5.32 Å². The number of rotatable bonds is 8. The second-order valence-corrected chi connectivity index (χ2v) is 4.76. The minimum Gasteiger partial charge on any atom is -0.481 e. The van der Waals surface area contributed by atoms with E-state index in [4.69, 9.17) is 14.6 Å². The molecule has 2 N–H and O–H groups in total. The Bertz CT molecular complexity index is 307. The predicted molar refractivity (Wildman–Crippen MR) is 68.8 cm³/mol. The molecule has 19 heavy (non-hydrogen) atoms. The van der Waals surface area contributed by atoms with Crippen LogP contribution in [0, 0.1) is 5.92 Å². The molecule has 0 aromatic heterocycles. The average Bonchev–Trinajstić information content (AvgIpc) is 2.83. The summed E-state index contributed by atoms with van der Waals surface area (Å²) in [6.07, 6.45) is 1.31. The highest BCUT2D eigenvalue weighted by atomic mass is 16.5. The number of ether oxygens (including phenoxy) is 2. The van der Waals surface area contributed by atoms with Crippen molar-refractivity contribution in [2.75, 3.05) is 19.8 Å². The Hall–Kier alpha value is -1.14. The summed E-state index contributed by atoms with van der Waals surface area (Å²) in [5.74, 6) is -1.30. The van der Waals surface area contributed by atoms with E-state index in [1.165, 1.54) is 0 Å². The number of carbonyl (C=O) groups excluding carboxylic acids is 1. The number of amides is 1. The van der Waals surface area contributed by atoms with Crippen LogP contribution in [0.1, 0.15) is 33.1 Å². The normalized spacial score (nSPS) is 24.1. The van der Waals surface area contributed by atoms with Gasteiger partial charge in [0.25, 0.3) is 0 Å². The van der Waals surface area contributed by atoms with Crippen LogP contribution in [0.4, 0.5) is 0 Å². The van der Waals surface area contributed by atoms with Crippen LogP contribution in [0.15, 0.2) is 0 Å². The molecule has 0 aromatic rings. The molecule has 1 amide bonds. The van der Waals surface area contributed by atoms with Crippen molar-refractivity contribution < 1.29 is 24.2 Å². The highest BCUT2D eigenvalue weighted by Gasteiger charge is 2.31. The molecule has 1 aliphatic carbocycles. The van der Waals surface area contributed by atoms with E-state index in [1.54, 1.807) is 6.92 Å². The van der Waals surface area contributed by atoms with Gasteiger partial charge in [0.05, 0.1) is 19.1 Å². The fourth-order valence-electron chi connectivity index (χ4n) is 2.16. The minimum atomic E-state index is -0.780. The number of carbonyl (C=O) groups is 2. The van der Waals surface area contributed by atoms with E-state index in [-0.39, 0.29) is 17.9 Å². The lowest BCUT2D eigenvalue weighted by atomic mass is 10.1. The molecule has 6 nitrogen and oxygen atoms in total. The maximum atomic E-state index is 11.8. The Morgan fingerprint density at radius 2 is 2.11 bits per heavy atom. The third-order valence-corrected chi connectivity index (χ3v) is 3.30. The van der Waals surface area contributed by atoms with Crippen molar-refractivity contribution in [3.05, 3.63) is 0 Å². The number of carboxylic acids is 1. The zero-order valence-corrected chi connectivity index (χ0v) is 11.6. The van der Waals surface area contributed by atoms with Gasteiger partial charge in [-0.25, -0.2) is 0 Å². The first kappa shape index (κ1) is 15.9. The van der Waals surface area contributed by atoms with E-state index in [0.29, 0.717) is 39.1 Å². The maximum absolute atomic E-state index is 11.8. The molecule has 0 aliphatic heterocycles. The number of aliphatic carboxylic acids is 1. The van der Waals surface area contributed by atoms with Crippen LogP contribution in [0.2, 0.25) is 0 Å². The van der Waals surface area contributed by atoms with Gasteiger partial charge in [-0.1, -0.05) is 0 Å². The Kier molecular flexibility index (Phi) is 6.80. The lowest BCUT2D eigenvalue weighted by molar-refractivity contribution is -0.141. The van der Waals surface area contributed by atoms with E-state index in [2.05, 4.69) is 5.32 Å². The minimum absolute atomic E-state index is 0.0495. The molecular formula is C13H23NO5. The molecule has 0 radical (unpaired) electrons. The number of hydrogen-bond acceptors (Lipinski definition) is 4. The Morgan fingerprint density at radius 3 is 2.68 bits per heavy atom. The zero-order valence-electron chi connectivity index (χ0n) is 11.6. The summed E-state index contributed by atoms with van der Waals surface area (Å²) in [5.41, 5.74) is 0. The fraction of sp³-hybridized carbons (Fsp3) is 0.846. The van der Waals surface area contributed by atoms with E-state index in [1.807, 2.05) is 6.92 Å². The van der Waals surface area contributed by atoms with Gasteiger partial charge in [0, 0.05) is 12.6 Å². The summed E-state index contributed by atoms with van der Waals surface area (Å²) < 4.78 is 10.5. The van der Waals surface area contributed by atoms with Gasteiger partial charge in [-0.05, 0) is 33.1 Å². The molecule has 1 rings (SSSR count). The van der Waals surface area contributed by atoms with Gasteiger partial charge in [0.2, 0.25) is 5.91 Å². The van der Waals surface area contributed by atoms with E-state index in [0.717, 1.165) is 0 Å². The van der Waals surface area contributed by atoms with Crippen LogP contribution in [0.3, 0.4) is 0 Å². The molecule has 1 aliphatic rings. The summed E-state index contributed by atoms with van der Waals surface area (Å²) in [5, 5.41) is 11.7. The molecule has 0 spiro atoms. The Labute approximate surface area is 113 Å². The molecule has 110 valence electrons. The molecule has 1 saturated carbocycles. The first-order chi connectivity index (χ1) is 9.04. The van der Waals surface area contributed by atoms with E-state index in [9.17, 15) is 9.59 Å². The molecule has 0 saturated heterocycles. The summed E-state index contributed by atoms with van der Waals surface area (Å²) in [7, 11) is 0. The van der Waals surface area contributed by atoms with Crippen molar-refractivity contribution in [2.45, 2.75) is 45.3 Å². The molecule has 3 atom stereocenters. The maximum Gasteiger partial charge on any atom is 0.306 e. The Balaban J connectivity index is 2.21. The van der Waals surface area contributed by atoms with Gasteiger partial charge in [-0.3, -0.25) is 9.59 Å². The van der Waals surface area contributed by atoms with Crippen LogP contribution in [-0.4, -0.2) is 48.9 Å². The first-order valence-electron chi connectivity index (χ1n) is 6.77. The van der Waals surface area contributed by atoms with Crippen LogP contribution in [0.25, 0.3) is 0 Å². The monoisotopic (exact) mass is 273 g/mol. The smallest absolute Gasteiger partial charge is 0.306 e. The number of nitrogens with one attached hydrogen (secondary N) is 1. The quantitative estimate of drug-likeness (QED) is 0.639. The van der Waals surface area contributed by atoms with Crippen LogP contribution in [-0.2, 0) is 19.1 Å². The van der Waals surface area contributed by atoms with Crippen molar-refractivity contribution in [1.29, 1.82) is 0 Å². The lowest BCUT2D eigenvalue weighted by Crippen LogP contribution is -2.40. The predicted octanol–water partition coefficient (Wildman–Crippen LogP) is 0.798. The second-order valence-electron chi connectivity index (χ2n) is 4.76.